The highest BCUT2D eigenvalue weighted by atomic mass is 32.1. The maximum Gasteiger partial charge on any atom is 0.115 e. The van der Waals surface area contributed by atoms with E-state index in [-0.39, 0.29) is 0 Å². The lowest BCUT2D eigenvalue weighted by molar-refractivity contribution is 0.418. The lowest BCUT2D eigenvalue weighted by Crippen LogP contribution is -1.72. The third kappa shape index (κ3) is 1.63. The maximum atomic E-state index is 5.20. The molecule has 60 valence electrons. The predicted molar refractivity (Wildman–Crippen MR) is 47.0 cm³/mol. The lowest BCUT2D eigenvalue weighted by Gasteiger charge is -1.88. The molecule has 1 saturated heterocycles. The molecule has 0 bridgehead atoms. The van der Waals surface area contributed by atoms with Crippen LogP contribution in [0, 0.1) is 0 Å². The van der Waals surface area contributed by atoms with E-state index in [2.05, 4.69) is 19.1 Å². The van der Waals surface area contributed by atoms with Gasteiger partial charge in [-0.3, -0.25) is 0 Å². The first-order valence-electron chi connectivity index (χ1n) is 4.10. The van der Waals surface area contributed by atoms with E-state index < -0.39 is 0 Å². The van der Waals surface area contributed by atoms with Crippen molar-refractivity contribution >= 4 is 11.3 Å². The first kappa shape index (κ1) is 7.32. The van der Waals surface area contributed by atoms with E-state index >= 15 is 0 Å². The van der Waals surface area contributed by atoms with Crippen molar-refractivity contribution < 1.29 is 4.74 Å². The Hall–Kier alpha value is -0.340. The van der Waals surface area contributed by atoms with Gasteiger partial charge in [0.1, 0.15) is 6.10 Å². The van der Waals surface area contributed by atoms with E-state index in [0.29, 0.717) is 6.10 Å². The largest absolute Gasteiger partial charge is 0.367 e. The van der Waals surface area contributed by atoms with E-state index in [1.54, 1.807) is 0 Å². The number of hydrogen-bond acceptors (Lipinski definition) is 2. The summed E-state index contributed by atoms with van der Waals surface area (Å²) < 4.78 is 5.20. The van der Waals surface area contributed by atoms with E-state index in [4.69, 9.17) is 4.74 Å². The molecule has 1 nitrogen and oxygen atoms in total. The molecule has 0 spiro atoms. The van der Waals surface area contributed by atoms with Gasteiger partial charge in [-0.25, -0.2) is 0 Å². The molecule has 0 amide bonds. The fourth-order valence-electron chi connectivity index (χ4n) is 1.16. The third-order valence-corrected chi connectivity index (χ3v) is 3.07. The van der Waals surface area contributed by atoms with Gasteiger partial charge in [0.25, 0.3) is 0 Å². The molecule has 0 radical (unpaired) electrons. The van der Waals surface area contributed by atoms with E-state index in [1.807, 2.05) is 11.3 Å². The van der Waals surface area contributed by atoms with Crippen molar-refractivity contribution in [2.45, 2.75) is 25.9 Å². The minimum atomic E-state index is 0.450. The van der Waals surface area contributed by atoms with Gasteiger partial charge in [0.2, 0.25) is 0 Å². The van der Waals surface area contributed by atoms with Crippen LogP contribution >= 0.6 is 11.3 Å². The van der Waals surface area contributed by atoms with Gasteiger partial charge in [0, 0.05) is 9.75 Å². The van der Waals surface area contributed by atoms with Gasteiger partial charge in [-0.15, -0.1) is 11.3 Å². The second-order valence-corrected chi connectivity index (χ2v) is 4.08. The van der Waals surface area contributed by atoms with E-state index in [1.165, 1.54) is 22.6 Å². The second-order valence-electron chi connectivity index (χ2n) is 2.88. The standard InChI is InChI=1S/C9H12OS/c1-2-3-7-4-5-9(11-7)8-6-10-8/h4-5,8H,2-3,6H2,1H3. The summed E-state index contributed by atoms with van der Waals surface area (Å²) in [6, 6.07) is 4.43. The van der Waals surface area contributed by atoms with Gasteiger partial charge in [-0.2, -0.15) is 0 Å². The average Bonchev–Trinajstić information content (AvgIpc) is 2.75. The number of hydrogen-bond donors (Lipinski definition) is 0. The van der Waals surface area contributed by atoms with Crippen molar-refractivity contribution in [3.63, 3.8) is 0 Å². The van der Waals surface area contributed by atoms with E-state index in [9.17, 15) is 0 Å². The molecule has 1 fully saturated rings. The zero-order valence-corrected chi connectivity index (χ0v) is 7.49. The Labute approximate surface area is 71.0 Å². The van der Waals surface area contributed by atoms with Crippen LogP contribution in [0.4, 0.5) is 0 Å². The molecule has 1 atom stereocenters. The number of thiophene rings is 1. The van der Waals surface area contributed by atoms with Crippen LogP contribution in [0.2, 0.25) is 0 Å². The van der Waals surface area contributed by atoms with Crippen LogP contribution in [0.3, 0.4) is 0 Å². The average molecular weight is 168 g/mol. The molecule has 2 heteroatoms. The summed E-state index contributed by atoms with van der Waals surface area (Å²) in [7, 11) is 0. The van der Waals surface area contributed by atoms with Crippen LogP contribution in [0.5, 0.6) is 0 Å². The van der Waals surface area contributed by atoms with Crippen LogP contribution in [-0.4, -0.2) is 6.61 Å². The fourth-order valence-corrected chi connectivity index (χ4v) is 2.31. The normalized spacial score (nSPS) is 22.1. The van der Waals surface area contributed by atoms with Gasteiger partial charge < -0.3 is 4.74 Å². The monoisotopic (exact) mass is 168 g/mol. The van der Waals surface area contributed by atoms with Crippen LogP contribution in [0.1, 0.15) is 29.2 Å². The molecule has 2 heterocycles. The van der Waals surface area contributed by atoms with Crippen LogP contribution in [0.15, 0.2) is 12.1 Å². The van der Waals surface area contributed by atoms with Crippen molar-refractivity contribution in [1.82, 2.24) is 0 Å². The third-order valence-electron chi connectivity index (χ3n) is 1.83. The summed E-state index contributed by atoms with van der Waals surface area (Å²) in [6.45, 7) is 3.15. The van der Waals surface area contributed by atoms with Gasteiger partial charge in [0.15, 0.2) is 0 Å². The second kappa shape index (κ2) is 2.95. The number of ether oxygens (including phenoxy) is 1. The Kier molecular flexibility index (Phi) is 1.96. The quantitative estimate of drug-likeness (QED) is 0.632. The molecule has 1 unspecified atom stereocenters. The molecule has 0 N–H and O–H groups in total. The Morgan fingerprint density at radius 2 is 2.45 bits per heavy atom. The number of epoxide rings is 1. The van der Waals surface area contributed by atoms with Crippen LogP contribution in [0.25, 0.3) is 0 Å². The molecule has 1 aliphatic heterocycles. The SMILES string of the molecule is CCCc1ccc(C2CO2)s1. The Balaban J connectivity index is 2.06. The summed E-state index contributed by atoms with van der Waals surface area (Å²) in [5.74, 6) is 0. The number of aryl methyl sites for hydroxylation is 1. The number of rotatable bonds is 3. The summed E-state index contributed by atoms with van der Waals surface area (Å²) >= 11 is 1.90. The predicted octanol–water partition coefficient (Wildman–Crippen LogP) is 2.77. The molecule has 1 aromatic rings. The van der Waals surface area contributed by atoms with Crippen molar-refractivity contribution in [2.24, 2.45) is 0 Å². The van der Waals surface area contributed by atoms with Gasteiger partial charge in [-0.05, 0) is 18.6 Å². The highest BCUT2D eigenvalue weighted by molar-refractivity contribution is 7.12. The minimum Gasteiger partial charge on any atom is -0.367 e. The molecular weight excluding hydrogens is 156 g/mol. The molecule has 1 aromatic heterocycles. The van der Waals surface area contributed by atoms with Crippen molar-refractivity contribution in [3.05, 3.63) is 21.9 Å². The Bertz CT molecular complexity index is 237. The Morgan fingerprint density at radius 3 is 3.09 bits per heavy atom. The first-order chi connectivity index (χ1) is 5.40. The van der Waals surface area contributed by atoms with Crippen LogP contribution < -0.4 is 0 Å². The van der Waals surface area contributed by atoms with Crippen molar-refractivity contribution in [2.75, 3.05) is 6.61 Å². The first-order valence-corrected chi connectivity index (χ1v) is 4.92. The molecular formula is C9H12OS. The van der Waals surface area contributed by atoms with Crippen molar-refractivity contribution in [1.29, 1.82) is 0 Å². The van der Waals surface area contributed by atoms with Crippen LogP contribution in [-0.2, 0) is 11.2 Å². The summed E-state index contributed by atoms with van der Waals surface area (Å²) in [5.41, 5.74) is 0. The molecule has 0 aromatic carbocycles. The van der Waals surface area contributed by atoms with Gasteiger partial charge in [-0.1, -0.05) is 13.3 Å². The Morgan fingerprint density at radius 1 is 1.64 bits per heavy atom. The topological polar surface area (TPSA) is 12.5 Å². The van der Waals surface area contributed by atoms with Crippen molar-refractivity contribution in [3.8, 4) is 0 Å². The fraction of sp³-hybridized carbons (Fsp3) is 0.556. The molecule has 1 aliphatic rings. The molecule has 11 heavy (non-hydrogen) atoms. The lowest BCUT2D eigenvalue weighted by atomic mass is 10.3. The zero-order valence-electron chi connectivity index (χ0n) is 6.67. The smallest absolute Gasteiger partial charge is 0.115 e. The molecule has 0 aliphatic carbocycles. The van der Waals surface area contributed by atoms with E-state index in [0.717, 1.165) is 6.61 Å². The molecule has 0 saturated carbocycles. The maximum absolute atomic E-state index is 5.20. The summed E-state index contributed by atoms with van der Waals surface area (Å²) in [5, 5.41) is 0. The van der Waals surface area contributed by atoms with Gasteiger partial charge in [0.05, 0.1) is 6.61 Å². The van der Waals surface area contributed by atoms with Gasteiger partial charge >= 0.3 is 0 Å². The summed E-state index contributed by atoms with van der Waals surface area (Å²) in [6.07, 6.45) is 2.91. The minimum absolute atomic E-state index is 0.450. The zero-order chi connectivity index (χ0) is 7.68. The highest BCUT2D eigenvalue weighted by Gasteiger charge is 2.25. The molecule has 2 rings (SSSR count). The highest BCUT2D eigenvalue weighted by Crippen LogP contribution is 2.34. The summed E-state index contributed by atoms with van der Waals surface area (Å²) in [4.78, 5) is 2.91.